The molecule has 0 radical (unpaired) electrons. The Kier molecular flexibility index (Phi) is 10.1. The Hall–Kier alpha value is -1.33. The third kappa shape index (κ3) is 5.89. The van der Waals surface area contributed by atoms with Crippen LogP contribution in [0.2, 0.25) is 26.4 Å². The first-order valence-corrected chi connectivity index (χ1v) is 24.1. The van der Waals surface area contributed by atoms with Gasteiger partial charge in [0.2, 0.25) is 0 Å². The molecule has 0 atom stereocenters. The Morgan fingerprint density at radius 1 is 0.735 bits per heavy atom. The predicted molar refractivity (Wildman–Crippen MR) is 156 cm³/mol. The molecule has 0 aliphatic heterocycles. The van der Waals surface area contributed by atoms with E-state index in [1.54, 1.807) is 8.90 Å². The van der Waals surface area contributed by atoms with Gasteiger partial charge < -0.3 is 0 Å². The maximum absolute atomic E-state index is 5.37. The van der Waals surface area contributed by atoms with E-state index in [0.29, 0.717) is 0 Å². The molecule has 0 saturated carbocycles. The molecule has 0 spiro atoms. The van der Waals surface area contributed by atoms with Crippen LogP contribution in [0, 0.1) is 6.92 Å². The maximum atomic E-state index is 5.37. The summed E-state index contributed by atoms with van der Waals surface area (Å²) in [6.07, 6.45) is 8.05. The molecule has 0 N–H and O–H groups in total. The summed E-state index contributed by atoms with van der Waals surface area (Å²) in [7, 11) is -1.98. The van der Waals surface area contributed by atoms with Crippen molar-refractivity contribution in [2.24, 2.45) is 0 Å². The first-order chi connectivity index (χ1) is 16.4. The molecule has 1 aromatic heterocycles. The number of aryl methyl sites for hydroxylation is 1. The summed E-state index contributed by atoms with van der Waals surface area (Å²) < 4.78 is 8.64. The molecule has 0 fully saturated rings. The van der Waals surface area contributed by atoms with E-state index in [2.05, 4.69) is 106 Å². The molecule has 0 amide bonds. The van der Waals surface area contributed by atoms with Gasteiger partial charge in [-0.25, -0.2) is 0 Å². The fourth-order valence-corrected chi connectivity index (χ4v) is 30.2. The van der Waals surface area contributed by atoms with E-state index in [-0.39, 0.29) is 0 Å². The van der Waals surface area contributed by atoms with Gasteiger partial charge in [0, 0.05) is 0 Å². The van der Waals surface area contributed by atoms with Crippen molar-refractivity contribution in [3.05, 3.63) is 66.4 Å². The molecule has 0 bridgehead atoms. The van der Waals surface area contributed by atoms with Crippen molar-refractivity contribution in [2.45, 2.75) is 92.6 Å². The van der Waals surface area contributed by atoms with Crippen LogP contribution in [0.3, 0.4) is 0 Å². The van der Waals surface area contributed by atoms with Crippen molar-refractivity contribution in [3.8, 4) is 5.69 Å². The number of hydrogen-bond donors (Lipinski definition) is 0. The summed E-state index contributed by atoms with van der Waals surface area (Å²) in [6, 6.07) is 22.3. The zero-order valence-corrected chi connectivity index (χ0v) is 26.4. The average Bonchev–Trinajstić information content (AvgIpc) is 3.23. The fourth-order valence-electron chi connectivity index (χ4n) is 5.78. The predicted octanol–water partition coefficient (Wildman–Crippen LogP) is 7.06. The quantitative estimate of drug-likeness (QED) is 0.198. The summed E-state index contributed by atoms with van der Waals surface area (Å²) in [5, 5.41) is 8.50. The molecule has 0 saturated heterocycles. The fraction of sp³-hybridized carbons (Fsp3) is 0.500. The van der Waals surface area contributed by atoms with Crippen molar-refractivity contribution >= 4 is 40.5 Å². The van der Waals surface area contributed by atoms with E-state index >= 15 is 0 Å². The molecule has 3 aromatic rings. The Morgan fingerprint density at radius 2 is 1.21 bits per heavy atom. The molecule has 0 aliphatic rings. The molecular weight excluding hydrogens is 535 g/mol. The van der Waals surface area contributed by atoms with E-state index in [0.717, 1.165) is 0 Å². The van der Waals surface area contributed by atoms with Gasteiger partial charge in [0.1, 0.15) is 0 Å². The number of aromatic nitrogens is 2. The normalized spacial score (nSPS) is 12.3. The topological polar surface area (TPSA) is 17.8 Å². The molecule has 2 nitrogen and oxygen atoms in total. The van der Waals surface area contributed by atoms with E-state index in [1.165, 1.54) is 68.4 Å². The molecule has 0 unspecified atom stereocenters. The van der Waals surface area contributed by atoms with Crippen molar-refractivity contribution < 1.29 is 0 Å². The molecule has 184 valence electrons. The second kappa shape index (κ2) is 12.6. The van der Waals surface area contributed by atoms with Gasteiger partial charge in [-0.3, -0.25) is 0 Å². The van der Waals surface area contributed by atoms with Crippen LogP contribution in [-0.4, -0.2) is 36.2 Å². The Morgan fingerprint density at radius 3 is 1.68 bits per heavy atom. The number of hydrogen-bond acceptors (Lipinski definition) is 1. The van der Waals surface area contributed by atoms with Crippen molar-refractivity contribution in [1.82, 2.24) is 9.78 Å². The molecule has 0 aliphatic carbocycles. The standard InChI is InChI=1S/C18H19N2Si.3C4H9.Sn/c1-15-14-18(20(19-15)16-10-6-4-7-11-16)21(2,3)17-12-8-5-9-13-17;3*1-3-4-2;/h4-13H,1-3H3;3*1,3-4H2,2H3;. The van der Waals surface area contributed by atoms with Crippen molar-refractivity contribution in [1.29, 1.82) is 0 Å². The van der Waals surface area contributed by atoms with Gasteiger partial charge in [0.25, 0.3) is 0 Å². The van der Waals surface area contributed by atoms with Crippen molar-refractivity contribution in [3.63, 3.8) is 0 Å². The third-order valence-corrected chi connectivity index (χ3v) is 27.8. The van der Waals surface area contributed by atoms with Crippen molar-refractivity contribution in [2.75, 3.05) is 0 Å². The van der Waals surface area contributed by atoms with Crippen LogP contribution in [-0.2, 0) is 0 Å². The summed E-state index contributed by atoms with van der Waals surface area (Å²) in [5.41, 5.74) is 2.57. The zero-order chi connectivity index (χ0) is 24.6. The van der Waals surface area contributed by atoms with Gasteiger partial charge in [0.05, 0.1) is 0 Å². The van der Waals surface area contributed by atoms with Gasteiger partial charge in [-0.2, -0.15) is 0 Å². The van der Waals surface area contributed by atoms with Crippen LogP contribution in [0.1, 0.15) is 65.0 Å². The van der Waals surface area contributed by atoms with Crippen LogP contribution < -0.4 is 14.1 Å². The third-order valence-electron chi connectivity index (χ3n) is 7.71. The van der Waals surface area contributed by atoms with Crippen LogP contribution in [0.5, 0.6) is 0 Å². The Balaban J connectivity index is 2.34. The van der Waals surface area contributed by atoms with Crippen LogP contribution in [0.15, 0.2) is 60.7 Å². The summed E-state index contributed by atoms with van der Waals surface area (Å²) in [5.74, 6) is 0. The van der Waals surface area contributed by atoms with Gasteiger partial charge in [-0.1, -0.05) is 0 Å². The number of rotatable bonds is 13. The Labute approximate surface area is 214 Å². The summed E-state index contributed by atoms with van der Waals surface area (Å²) >= 11 is -2.72. The van der Waals surface area contributed by atoms with Gasteiger partial charge in [-0.05, 0) is 0 Å². The molecule has 2 aromatic carbocycles. The van der Waals surface area contributed by atoms with Crippen LogP contribution in [0.4, 0.5) is 0 Å². The van der Waals surface area contributed by atoms with Gasteiger partial charge >= 0.3 is 215 Å². The minimum atomic E-state index is -2.72. The monoisotopic (exact) mass is 582 g/mol. The number of nitrogens with zero attached hydrogens (tertiary/aromatic N) is 2. The summed E-state index contributed by atoms with van der Waals surface area (Å²) in [4.78, 5) is 0. The Bertz CT molecular complexity index is 989. The van der Waals surface area contributed by atoms with Crippen LogP contribution >= 0.6 is 0 Å². The first kappa shape index (κ1) is 27.3. The first-order valence-electron chi connectivity index (χ1n) is 13.6. The SMILES string of the molecule is CCC[CH2][Sn]([CH2]CCC)([CH2]CCC)[c]1c(C)nn(-c2ccccc2)c1[Si](C)(C)c1ccccc1. The zero-order valence-electron chi connectivity index (χ0n) is 22.5. The van der Waals surface area contributed by atoms with E-state index < -0.39 is 26.5 Å². The molecule has 4 heteroatoms. The second-order valence-electron chi connectivity index (χ2n) is 10.6. The van der Waals surface area contributed by atoms with E-state index in [1.807, 2.05) is 0 Å². The molecule has 3 rings (SSSR count). The van der Waals surface area contributed by atoms with Crippen LogP contribution in [0.25, 0.3) is 5.69 Å². The number of unbranched alkanes of at least 4 members (excludes halogenated alkanes) is 3. The van der Waals surface area contributed by atoms with E-state index in [9.17, 15) is 0 Å². The summed E-state index contributed by atoms with van der Waals surface area (Å²) in [6.45, 7) is 14.6. The number of para-hydroxylation sites is 1. The molecular formula is C30H46N2SiSn. The molecule has 34 heavy (non-hydrogen) atoms. The molecule has 1 heterocycles. The van der Waals surface area contributed by atoms with E-state index in [4.69, 9.17) is 5.10 Å². The van der Waals surface area contributed by atoms with Gasteiger partial charge in [-0.15, -0.1) is 0 Å². The number of benzene rings is 2. The second-order valence-corrected chi connectivity index (χ2v) is 28.0. The minimum absolute atomic E-state index is 1.23. The van der Waals surface area contributed by atoms with Gasteiger partial charge in [0.15, 0.2) is 0 Å². The average molecular weight is 582 g/mol.